The van der Waals surface area contributed by atoms with Gasteiger partial charge < -0.3 is 35.0 Å². The number of carboxylic acids is 4. The molecular formula is C28H40O13. The molecule has 1 fully saturated rings. The number of ether oxygens (including phenoxy) is 2. The lowest BCUT2D eigenvalue weighted by atomic mass is 9.82. The van der Waals surface area contributed by atoms with Crippen LogP contribution in [0.3, 0.4) is 0 Å². The lowest BCUT2D eigenvalue weighted by molar-refractivity contribution is -0.184. The lowest BCUT2D eigenvalue weighted by Crippen LogP contribution is -2.50. The van der Waals surface area contributed by atoms with Crippen molar-refractivity contribution in [3.05, 3.63) is 24.3 Å². The summed E-state index contributed by atoms with van der Waals surface area (Å²) in [7, 11) is 0. The molecular weight excluding hydrogens is 544 g/mol. The van der Waals surface area contributed by atoms with Crippen LogP contribution < -0.4 is 0 Å². The third kappa shape index (κ3) is 12.1. The van der Waals surface area contributed by atoms with Gasteiger partial charge in [-0.1, -0.05) is 57.3 Å². The molecule has 0 aromatic carbocycles. The van der Waals surface area contributed by atoms with E-state index in [9.17, 15) is 44.1 Å². The average molecular weight is 585 g/mol. The van der Waals surface area contributed by atoms with Gasteiger partial charge in [0.1, 0.15) is 17.9 Å². The lowest BCUT2D eigenvalue weighted by Gasteiger charge is -2.27. The molecule has 1 aliphatic heterocycles. The van der Waals surface area contributed by atoms with Crippen LogP contribution in [0.5, 0.6) is 0 Å². The highest BCUT2D eigenvalue weighted by molar-refractivity contribution is 5.92. The Morgan fingerprint density at radius 1 is 0.927 bits per heavy atom. The molecule has 0 saturated carbocycles. The number of cyclic esters (lactones) is 1. The first kappa shape index (κ1) is 35.3. The number of carbonyl (C=O) groups is 6. The predicted octanol–water partition coefficient (Wildman–Crippen LogP) is 2.94. The van der Waals surface area contributed by atoms with Crippen molar-refractivity contribution in [2.45, 2.75) is 102 Å². The summed E-state index contributed by atoms with van der Waals surface area (Å²) < 4.78 is 9.70. The minimum absolute atomic E-state index is 0.293. The molecule has 1 aliphatic rings. The number of aliphatic carboxylic acids is 4. The van der Waals surface area contributed by atoms with Gasteiger partial charge in [-0.05, 0) is 31.8 Å². The molecule has 0 aromatic heterocycles. The zero-order chi connectivity index (χ0) is 31.0. The van der Waals surface area contributed by atoms with Gasteiger partial charge in [-0.15, -0.1) is 0 Å². The maximum atomic E-state index is 12.4. The van der Waals surface area contributed by atoms with Gasteiger partial charge in [-0.2, -0.15) is 0 Å². The second-order valence-electron chi connectivity index (χ2n) is 9.99. The zero-order valence-electron chi connectivity index (χ0n) is 23.1. The molecule has 5 N–H and O–H groups in total. The molecule has 0 aliphatic carbocycles. The number of hydrogen-bond donors (Lipinski definition) is 5. The van der Waals surface area contributed by atoms with Gasteiger partial charge >= 0.3 is 35.8 Å². The average Bonchev–Trinajstić information content (AvgIpc) is 3.26. The molecule has 230 valence electrons. The van der Waals surface area contributed by atoms with Gasteiger partial charge in [0.25, 0.3) is 0 Å². The number of rotatable bonds is 21. The molecule has 0 amide bonds. The van der Waals surface area contributed by atoms with E-state index in [1.807, 2.05) is 6.08 Å². The highest BCUT2D eigenvalue weighted by atomic mass is 16.6. The number of carboxylic acid groups (broad SMARTS) is 4. The van der Waals surface area contributed by atoms with Crippen LogP contribution in [0.4, 0.5) is 0 Å². The van der Waals surface area contributed by atoms with Crippen molar-refractivity contribution in [1.82, 2.24) is 0 Å². The van der Waals surface area contributed by atoms with E-state index in [-0.39, 0.29) is 6.42 Å². The van der Waals surface area contributed by atoms with Gasteiger partial charge in [0.15, 0.2) is 5.60 Å². The summed E-state index contributed by atoms with van der Waals surface area (Å²) >= 11 is 0. The fourth-order valence-electron chi connectivity index (χ4n) is 4.40. The van der Waals surface area contributed by atoms with Crippen LogP contribution in [-0.4, -0.2) is 79.2 Å². The summed E-state index contributed by atoms with van der Waals surface area (Å²) in [6, 6.07) is 0. The smallest absolute Gasteiger partial charge is 0.345 e. The van der Waals surface area contributed by atoms with Crippen molar-refractivity contribution in [2.24, 2.45) is 11.8 Å². The van der Waals surface area contributed by atoms with Crippen LogP contribution in [0.2, 0.25) is 0 Å². The summed E-state index contributed by atoms with van der Waals surface area (Å²) in [6.07, 6.45) is 10.9. The van der Waals surface area contributed by atoms with Crippen LogP contribution in [0.1, 0.15) is 84.0 Å². The van der Waals surface area contributed by atoms with E-state index in [0.717, 1.165) is 19.3 Å². The minimum atomic E-state index is -3.05. The Kier molecular flexibility index (Phi) is 15.4. The highest BCUT2D eigenvalue weighted by Gasteiger charge is 2.55. The summed E-state index contributed by atoms with van der Waals surface area (Å²) in [4.78, 5) is 70.4. The molecule has 13 heteroatoms. The second kappa shape index (κ2) is 17.8. The van der Waals surface area contributed by atoms with Crippen LogP contribution in [0.15, 0.2) is 24.3 Å². The van der Waals surface area contributed by atoms with Crippen LogP contribution in [0, 0.1) is 11.8 Å². The molecule has 1 heterocycles. The Morgan fingerprint density at radius 3 is 2.12 bits per heavy atom. The molecule has 0 bridgehead atoms. The number of allylic oxidation sites excluding steroid dienone is 3. The molecule has 0 radical (unpaired) electrons. The van der Waals surface area contributed by atoms with Crippen molar-refractivity contribution >= 4 is 35.8 Å². The first-order valence-electron chi connectivity index (χ1n) is 13.7. The SMILES string of the molecule is CCCCCCCC/C=C/CC/C=C/[C@H]1C[C@H]([C@](O)(CC(=O)O[C@@H](C(=O)O)[C@H](CC(=O)O)C(=O)O)C(=O)O)C(=O)O1. The van der Waals surface area contributed by atoms with E-state index in [1.54, 1.807) is 12.2 Å². The number of esters is 2. The largest absolute Gasteiger partial charge is 0.481 e. The van der Waals surface area contributed by atoms with E-state index in [1.165, 1.54) is 32.1 Å². The molecule has 1 rings (SSSR count). The summed E-state index contributed by atoms with van der Waals surface area (Å²) in [5.74, 6) is -14.2. The maximum absolute atomic E-state index is 12.4. The molecule has 5 atom stereocenters. The molecule has 0 spiro atoms. The summed E-state index contributed by atoms with van der Waals surface area (Å²) in [6.45, 7) is 2.18. The second-order valence-corrected chi connectivity index (χ2v) is 9.99. The topological polar surface area (TPSA) is 222 Å². The van der Waals surface area contributed by atoms with Crippen molar-refractivity contribution in [3.63, 3.8) is 0 Å². The third-order valence-corrected chi connectivity index (χ3v) is 6.70. The predicted molar refractivity (Wildman–Crippen MR) is 142 cm³/mol. The van der Waals surface area contributed by atoms with Crippen LogP contribution in [-0.2, 0) is 38.2 Å². The first-order chi connectivity index (χ1) is 19.3. The van der Waals surface area contributed by atoms with Crippen LogP contribution >= 0.6 is 0 Å². The Bertz CT molecular complexity index is 985. The maximum Gasteiger partial charge on any atom is 0.345 e. The Morgan fingerprint density at radius 2 is 1.54 bits per heavy atom. The highest BCUT2D eigenvalue weighted by Crippen LogP contribution is 2.35. The van der Waals surface area contributed by atoms with E-state index in [4.69, 9.17) is 14.9 Å². The van der Waals surface area contributed by atoms with Crippen molar-refractivity contribution in [3.8, 4) is 0 Å². The third-order valence-electron chi connectivity index (χ3n) is 6.70. The number of hydrogen-bond acceptors (Lipinski definition) is 9. The van der Waals surface area contributed by atoms with Gasteiger partial charge in [-0.3, -0.25) is 19.2 Å². The van der Waals surface area contributed by atoms with E-state index in [0.29, 0.717) is 6.42 Å². The van der Waals surface area contributed by atoms with Crippen LogP contribution in [0.25, 0.3) is 0 Å². The van der Waals surface area contributed by atoms with Crippen molar-refractivity contribution in [2.75, 3.05) is 0 Å². The van der Waals surface area contributed by atoms with E-state index in [2.05, 4.69) is 17.7 Å². The van der Waals surface area contributed by atoms with Crippen molar-refractivity contribution in [1.29, 1.82) is 0 Å². The Labute approximate surface area is 237 Å². The summed E-state index contributed by atoms with van der Waals surface area (Å²) in [5, 5.41) is 47.7. The molecule has 0 aromatic rings. The molecule has 13 nitrogen and oxygen atoms in total. The number of unbranched alkanes of at least 4 members (excludes halogenated alkanes) is 7. The fourth-order valence-corrected chi connectivity index (χ4v) is 4.40. The van der Waals surface area contributed by atoms with E-state index >= 15 is 0 Å². The van der Waals surface area contributed by atoms with Gasteiger partial charge in [0.2, 0.25) is 6.10 Å². The van der Waals surface area contributed by atoms with Crippen molar-refractivity contribution < 1.29 is 63.8 Å². The summed E-state index contributed by atoms with van der Waals surface area (Å²) in [5.41, 5.74) is -3.05. The van der Waals surface area contributed by atoms with Gasteiger partial charge in [0.05, 0.1) is 12.8 Å². The Hall–Kier alpha value is -3.74. The standard InChI is InChI=1S/C28H40O13/c1-2-3-4-5-6-7-8-9-10-11-12-13-14-18-15-20(26(36)40-18)28(39,27(37)38)17-22(31)41-23(25(34)35)19(24(32)33)16-21(29)30/h9-10,13-14,18-20,23,39H,2-8,11-12,15-17H2,1H3,(H,29,30)(H,32,33)(H,34,35)(H,37,38)/b10-9+,14-13+/t18-,19-,20-,23+,28+/m0/s1. The normalized spacial score (nSPS) is 19.9. The fraction of sp³-hybridized carbons (Fsp3) is 0.643. The monoisotopic (exact) mass is 584 g/mol. The van der Waals surface area contributed by atoms with E-state index < -0.39 is 78.3 Å². The van der Waals surface area contributed by atoms with Gasteiger partial charge in [-0.25, -0.2) is 9.59 Å². The quantitative estimate of drug-likeness (QED) is 0.0744. The molecule has 41 heavy (non-hydrogen) atoms. The first-order valence-corrected chi connectivity index (χ1v) is 13.7. The minimum Gasteiger partial charge on any atom is -0.481 e. The zero-order valence-corrected chi connectivity index (χ0v) is 23.1. The molecule has 0 unspecified atom stereocenters. The number of carbonyl (C=O) groups excluding carboxylic acids is 2. The number of aliphatic hydroxyl groups is 1. The Balaban J connectivity index is 2.71. The van der Waals surface area contributed by atoms with Gasteiger partial charge in [0, 0.05) is 6.42 Å². The molecule has 1 saturated heterocycles.